The van der Waals surface area contributed by atoms with E-state index < -0.39 is 5.97 Å². The van der Waals surface area contributed by atoms with E-state index >= 15 is 0 Å². The van der Waals surface area contributed by atoms with Crippen LogP contribution in [0.2, 0.25) is 0 Å². The van der Waals surface area contributed by atoms with Crippen LogP contribution in [0.25, 0.3) is 10.9 Å². The zero-order valence-corrected chi connectivity index (χ0v) is 12.3. The normalized spacial score (nSPS) is 15.2. The van der Waals surface area contributed by atoms with E-state index in [1.54, 1.807) is 12.1 Å². The number of aromatic nitrogens is 1. The highest BCUT2D eigenvalue weighted by Gasteiger charge is 2.24. The van der Waals surface area contributed by atoms with Gasteiger partial charge in [0.15, 0.2) is 5.69 Å². The number of anilines is 2. The number of hydrogen-bond donors (Lipinski definition) is 4. The van der Waals surface area contributed by atoms with Gasteiger partial charge in [-0.25, -0.2) is 4.79 Å². The number of nitrogen functional groups attached to an aromatic ring is 1. The molecule has 0 bridgehead atoms. The average Bonchev–Trinajstić information content (AvgIpc) is 2.51. The molecular formula is C15H18N4O3. The Kier molecular flexibility index (Phi) is 3.50. The predicted octanol–water partition coefficient (Wildman–Crippen LogP) is 0.527. The SMILES string of the molecule is Cc1ccc(N)c2[nH]c(C(=O)O)c(N3CCNCC3)c(=O)c12. The molecule has 0 aliphatic carbocycles. The second-order valence-corrected chi connectivity index (χ2v) is 5.44. The number of rotatable bonds is 2. The summed E-state index contributed by atoms with van der Waals surface area (Å²) in [4.78, 5) is 29.2. The first-order valence-corrected chi connectivity index (χ1v) is 7.14. The topological polar surface area (TPSA) is 111 Å². The Morgan fingerprint density at radius 3 is 2.64 bits per heavy atom. The van der Waals surface area contributed by atoms with E-state index in [2.05, 4.69) is 10.3 Å². The molecule has 116 valence electrons. The number of carbonyl (C=O) groups is 1. The van der Waals surface area contributed by atoms with Gasteiger partial charge < -0.3 is 26.0 Å². The molecule has 2 heterocycles. The van der Waals surface area contributed by atoms with Gasteiger partial charge in [0.1, 0.15) is 5.69 Å². The summed E-state index contributed by atoms with van der Waals surface area (Å²) in [6.07, 6.45) is 0. The van der Waals surface area contributed by atoms with Crippen molar-refractivity contribution in [2.45, 2.75) is 6.92 Å². The molecule has 1 aromatic heterocycles. The van der Waals surface area contributed by atoms with E-state index in [9.17, 15) is 14.7 Å². The van der Waals surface area contributed by atoms with E-state index in [1.807, 2.05) is 11.8 Å². The average molecular weight is 302 g/mol. The van der Waals surface area contributed by atoms with Crippen molar-refractivity contribution in [2.24, 2.45) is 0 Å². The van der Waals surface area contributed by atoms with Crippen LogP contribution in [-0.2, 0) is 0 Å². The summed E-state index contributed by atoms with van der Waals surface area (Å²) in [5.41, 5.74) is 7.28. The second kappa shape index (κ2) is 5.34. The third-order valence-corrected chi connectivity index (χ3v) is 4.02. The number of aromatic carboxylic acids is 1. The summed E-state index contributed by atoms with van der Waals surface area (Å²) >= 11 is 0. The first kappa shape index (κ1) is 14.4. The van der Waals surface area contributed by atoms with Gasteiger partial charge >= 0.3 is 5.97 Å². The molecule has 1 fully saturated rings. The zero-order chi connectivity index (χ0) is 15.9. The van der Waals surface area contributed by atoms with Crippen LogP contribution in [0.4, 0.5) is 11.4 Å². The van der Waals surface area contributed by atoms with Crippen LogP contribution in [0.15, 0.2) is 16.9 Å². The summed E-state index contributed by atoms with van der Waals surface area (Å²) < 4.78 is 0. The number of pyridine rings is 1. The van der Waals surface area contributed by atoms with Crippen LogP contribution in [0.3, 0.4) is 0 Å². The molecule has 0 amide bonds. The standard InChI is InChI=1S/C15H18N4O3/c1-8-2-3-9(16)11-10(8)14(20)13(12(18-11)15(21)22)19-6-4-17-5-7-19/h2-3,17H,4-7,16H2,1H3,(H,18,20)(H,21,22). The lowest BCUT2D eigenvalue weighted by Crippen LogP contribution is -2.46. The Bertz CT molecular complexity index is 807. The molecule has 7 nitrogen and oxygen atoms in total. The summed E-state index contributed by atoms with van der Waals surface area (Å²) in [6.45, 7) is 4.43. The van der Waals surface area contributed by atoms with Crippen molar-refractivity contribution in [3.8, 4) is 0 Å². The van der Waals surface area contributed by atoms with Crippen LogP contribution in [0.5, 0.6) is 0 Å². The molecule has 2 aromatic rings. The first-order chi connectivity index (χ1) is 10.5. The maximum absolute atomic E-state index is 12.9. The molecule has 5 N–H and O–H groups in total. The summed E-state index contributed by atoms with van der Waals surface area (Å²) in [5, 5.41) is 13.1. The summed E-state index contributed by atoms with van der Waals surface area (Å²) in [5.74, 6) is -1.16. The Hall–Kier alpha value is -2.54. The molecule has 22 heavy (non-hydrogen) atoms. The van der Waals surface area contributed by atoms with Gasteiger partial charge in [-0.15, -0.1) is 0 Å². The number of aromatic amines is 1. The van der Waals surface area contributed by atoms with Crippen molar-refractivity contribution in [1.29, 1.82) is 0 Å². The van der Waals surface area contributed by atoms with Crippen LogP contribution in [0.1, 0.15) is 16.1 Å². The highest BCUT2D eigenvalue weighted by Crippen LogP contribution is 2.25. The van der Waals surface area contributed by atoms with E-state index in [1.165, 1.54) is 0 Å². The number of carboxylic acids is 1. The number of nitrogens with zero attached hydrogens (tertiary/aromatic N) is 1. The maximum atomic E-state index is 12.9. The van der Waals surface area contributed by atoms with Crippen molar-refractivity contribution in [3.63, 3.8) is 0 Å². The van der Waals surface area contributed by atoms with Gasteiger partial charge in [-0.2, -0.15) is 0 Å². The minimum atomic E-state index is -1.16. The first-order valence-electron chi connectivity index (χ1n) is 7.14. The van der Waals surface area contributed by atoms with Gasteiger partial charge in [-0.3, -0.25) is 4.79 Å². The minimum Gasteiger partial charge on any atom is -0.477 e. The minimum absolute atomic E-state index is 0.100. The smallest absolute Gasteiger partial charge is 0.354 e. The molecule has 0 unspecified atom stereocenters. The highest BCUT2D eigenvalue weighted by molar-refractivity contribution is 6.00. The van der Waals surface area contributed by atoms with Crippen LogP contribution in [0, 0.1) is 6.92 Å². The fourth-order valence-corrected chi connectivity index (χ4v) is 2.91. The molecule has 1 aliphatic heterocycles. The molecule has 7 heteroatoms. The van der Waals surface area contributed by atoms with Gasteiger partial charge in [0.25, 0.3) is 0 Å². The fourth-order valence-electron chi connectivity index (χ4n) is 2.91. The molecule has 1 aromatic carbocycles. The summed E-state index contributed by atoms with van der Waals surface area (Å²) in [6, 6.07) is 3.44. The second-order valence-electron chi connectivity index (χ2n) is 5.44. The lowest BCUT2D eigenvalue weighted by molar-refractivity contribution is 0.0691. The highest BCUT2D eigenvalue weighted by atomic mass is 16.4. The molecule has 0 radical (unpaired) electrons. The van der Waals surface area contributed by atoms with Crippen LogP contribution >= 0.6 is 0 Å². The predicted molar refractivity (Wildman–Crippen MR) is 85.8 cm³/mol. The number of benzene rings is 1. The number of piperazine rings is 1. The lowest BCUT2D eigenvalue weighted by atomic mass is 10.0. The number of H-pyrrole nitrogens is 1. The number of hydrogen-bond acceptors (Lipinski definition) is 5. The van der Waals surface area contributed by atoms with Crippen molar-refractivity contribution >= 4 is 28.2 Å². The van der Waals surface area contributed by atoms with Gasteiger partial charge in [-0.1, -0.05) is 6.07 Å². The van der Waals surface area contributed by atoms with E-state index in [0.717, 1.165) is 5.56 Å². The largest absolute Gasteiger partial charge is 0.477 e. The molecule has 1 saturated heterocycles. The van der Waals surface area contributed by atoms with E-state index in [0.29, 0.717) is 42.8 Å². The Balaban J connectivity index is 2.36. The monoisotopic (exact) mass is 302 g/mol. The third kappa shape index (κ3) is 2.19. The van der Waals surface area contributed by atoms with Crippen LogP contribution < -0.4 is 21.4 Å². The molecule has 3 rings (SSSR count). The van der Waals surface area contributed by atoms with E-state index in [4.69, 9.17) is 5.73 Å². The molecule has 0 saturated carbocycles. The Labute approximate surface area is 126 Å². The summed E-state index contributed by atoms with van der Waals surface area (Å²) in [7, 11) is 0. The van der Waals surface area contributed by atoms with Gasteiger partial charge in [-0.05, 0) is 18.6 Å². The number of fused-ring (bicyclic) bond motifs is 1. The number of nitrogens with one attached hydrogen (secondary N) is 2. The maximum Gasteiger partial charge on any atom is 0.354 e. The van der Waals surface area contributed by atoms with Crippen molar-refractivity contribution in [3.05, 3.63) is 33.6 Å². The van der Waals surface area contributed by atoms with Crippen LogP contribution in [-0.4, -0.2) is 42.2 Å². The quantitative estimate of drug-likeness (QED) is 0.602. The van der Waals surface area contributed by atoms with Crippen molar-refractivity contribution in [2.75, 3.05) is 36.8 Å². The zero-order valence-electron chi connectivity index (χ0n) is 12.3. The lowest BCUT2D eigenvalue weighted by Gasteiger charge is -2.30. The molecule has 0 spiro atoms. The Morgan fingerprint density at radius 2 is 2.00 bits per heavy atom. The van der Waals surface area contributed by atoms with E-state index in [-0.39, 0.29) is 16.8 Å². The van der Waals surface area contributed by atoms with Gasteiger partial charge in [0, 0.05) is 26.2 Å². The molecule has 1 aliphatic rings. The Morgan fingerprint density at radius 1 is 1.32 bits per heavy atom. The fraction of sp³-hybridized carbons (Fsp3) is 0.333. The third-order valence-electron chi connectivity index (χ3n) is 4.02. The van der Waals surface area contributed by atoms with Gasteiger partial charge in [0.05, 0.1) is 16.6 Å². The molecule has 0 atom stereocenters. The number of nitrogens with two attached hydrogens (primary N) is 1. The van der Waals surface area contributed by atoms with Crippen molar-refractivity contribution in [1.82, 2.24) is 10.3 Å². The number of carboxylic acid groups (broad SMARTS) is 1. The van der Waals surface area contributed by atoms with Gasteiger partial charge in [0.2, 0.25) is 5.43 Å². The van der Waals surface area contributed by atoms with Crippen molar-refractivity contribution < 1.29 is 9.90 Å². The number of aryl methyl sites for hydroxylation is 1. The molecular weight excluding hydrogens is 284 g/mol.